The molecule has 0 saturated carbocycles. The highest BCUT2D eigenvalue weighted by Crippen LogP contribution is 2.46. The predicted molar refractivity (Wildman–Crippen MR) is 118 cm³/mol. The van der Waals surface area contributed by atoms with Crippen molar-refractivity contribution in [2.24, 2.45) is 0 Å². The number of hydrogen-bond acceptors (Lipinski definition) is 5. The number of hydrogen-bond donors (Lipinski definition) is 2. The number of phenolic OH excluding ortho intramolecular Hbond substituents is 1. The summed E-state index contributed by atoms with van der Waals surface area (Å²) in [5.74, 6) is 1.01. The highest BCUT2D eigenvalue weighted by molar-refractivity contribution is 6.31. The third-order valence-corrected chi connectivity index (χ3v) is 5.44. The van der Waals surface area contributed by atoms with Gasteiger partial charge in [-0.3, -0.25) is 9.89 Å². The normalized spacial score (nSPS) is 15.1. The number of carbonyl (C=O) groups excluding carboxylic acids is 1. The van der Waals surface area contributed by atoms with Gasteiger partial charge in [0.2, 0.25) is 0 Å². The molecule has 4 rings (SSSR count). The van der Waals surface area contributed by atoms with E-state index in [1.165, 1.54) is 6.07 Å². The van der Waals surface area contributed by atoms with E-state index < -0.39 is 6.04 Å². The number of H-pyrrole nitrogens is 1. The molecule has 0 radical (unpaired) electrons. The molecule has 7 nitrogen and oxygen atoms in total. The summed E-state index contributed by atoms with van der Waals surface area (Å²) in [4.78, 5) is 14.8. The van der Waals surface area contributed by atoms with Crippen molar-refractivity contribution in [3.05, 3.63) is 70.9 Å². The van der Waals surface area contributed by atoms with Crippen LogP contribution in [0.15, 0.2) is 49.1 Å². The van der Waals surface area contributed by atoms with Gasteiger partial charge in [-0.15, -0.1) is 6.58 Å². The number of aromatic nitrogens is 2. The number of carbonyl (C=O) groups is 1. The van der Waals surface area contributed by atoms with Crippen molar-refractivity contribution >= 4 is 17.5 Å². The quantitative estimate of drug-likeness (QED) is 0.526. The molecule has 0 saturated heterocycles. The van der Waals surface area contributed by atoms with Crippen molar-refractivity contribution < 1.29 is 19.4 Å². The van der Waals surface area contributed by atoms with Gasteiger partial charge >= 0.3 is 0 Å². The minimum absolute atomic E-state index is 0.0244. The van der Waals surface area contributed by atoms with Crippen LogP contribution in [0, 0.1) is 0 Å². The molecule has 1 aliphatic heterocycles. The Bertz CT molecular complexity index is 1160. The van der Waals surface area contributed by atoms with Crippen LogP contribution in [0.1, 0.15) is 34.6 Å². The van der Waals surface area contributed by atoms with E-state index >= 15 is 0 Å². The van der Waals surface area contributed by atoms with Gasteiger partial charge in [0.15, 0.2) is 11.5 Å². The van der Waals surface area contributed by atoms with Gasteiger partial charge in [-0.2, -0.15) is 5.10 Å². The van der Waals surface area contributed by atoms with E-state index in [0.717, 1.165) is 5.56 Å². The van der Waals surface area contributed by atoms with E-state index in [4.69, 9.17) is 21.1 Å². The van der Waals surface area contributed by atoms with Crippen LogP contribution in [0.3, 0.4) is 0 Å². The van der Waals surface area contributed by atoms with Crippen LogP contribution in [-0.2, 0) is 0 Å². The number of amides is 1. The molecule has 160 valence electrons. The first-order valence-electron chi connectivity index (χ1n) is 9.79. The van der Waals surface area contributed by atoms with Crippen molar-refractivity contribution in [1.82, 2.24) is 15.1 Å². The Balaban J connectivity index is 1.91. The molecule has 0 bridgehead atoms. The zero-order valence-electron chi connectivity index (χ0n) is 17.2. The standard InChI is InChI=1S/C23H22ClN3O4/c1-4-10-27-22(13-6-9-17(31-5-2)18(11-13)30-3)19-20(25-26-21(19)23(27)29)15-12-14(24)7-8-16(15)28/h4,6-9,11-12,22,28H,1,5,10H2,2-3H3,(H,25,26). The van der Waals surface area contributed by atoms with Crippen LogP contribution in [0.2, 0.25) is 5.02 Å². The highest BCUT2D eigenvalue weighted by Gasteiger charge is 2.42. The van der Waals surface area contributed by atoms with E-state index in [2.05, 4.69) is 16.8 Å². The monoisotopic (exact) mass is 439 g/mol. The number of methoxy groups -OCH3 is 1. The number of fused-ring (bicyclic) bond motifs is 1. The number of rotatable bonds is 7. The van der Waals surface area contributed by atoms with Gasteiger partial charge in [-0.05, 0) is 42.8 Å². The Morgan fingerprint density at radius 1 is 1.29 bits per heavy atom. The van der Waals surface area contributed by atoms with Crippen LogP contribution in [0.5, 0.6) is 17.2 Å². The van der Waals surface area contributed by atoms with E-state index in [9.17, 15) is 9.90 Å². The summed E-state index contributed by atoms with van der Waals surface area (Å²) in [6.07, 6.45) is 1.67. The number of benzene rings is 2. The molecule has 0 aliphatic carbocycles. The number of halogens is 1. The molecule has 1 aromatic heterocycles. The molecule has 1 atom stereocenters. The minimum atomic E-state index is -0.461. The number of aromatic hydroxyl groups is 1. The van der Waals surface area contributed by atoms with E-state index in [-0.39, 0.29) is 11.7 Å². The lowest BCUT2D eigenvalue weighted by Crippen LogP contribution is -2.29. The molecule has 2 N–H and O–H groups in total. The molecule has 31 heavy (non-hydrogen) atoms. The van der Waals surface area contributed by atoms with Crippen molar-refractivity contribution in [2.45, 2.75) is 13.0 Å². The Morgan fingerprint density at radius 2 is 2.10 bits per heavy atom. The molecule has 2 heterocycles. The SMILES string of the molecule is C=CCN1C(=O)c2[nH]nc(-c3cc(Cl)ccc3O)c2C1c1ccc(OCC)c(OC)c1. The maximum absolute atomic E-state index is 13.2. The first-order chi connectivity index (χ1) is 15.0. The summed E-state index contributed by atoms with van der Waals surface area (Å²) >= 11 is 6.16. The summed E-state index contributed by atoms with van der Waals surface area (Å²) in [6, 6.07) is 9.83. The smallest absolute Gasteiger partial charge is 0.273 e. The van der Waals surface area contributed by atoms with Gasteiger partial charge in [0.25, 0.3) is 5.91 Å². The molecular formula is C23H22ClN3O4. The van der Waals surface area contributed by atoms with Crippen LogP contribution < -0.4 is 9.47 Å². The number of aromatic amines is 1. The Labute approximate surface area is 184 Å². The van der Waals surface area contributed by atoms with E-state index in [1.54, 1.807) is 30.2 Å². The minimum Gasteiger partial charge on any atom is -0.507 e. The lowest BCUT2D eigenvalue weighted by atomic mass is 9.95. The molecular weight excluding hydrogens is 418 g/mol. The second-order valence-corrected chi connectivity index (χ2v) is 7.45. The summed E-state index contributed by atoms with van der Waals surface area (Å²) in [5.41, 5.74) is 2.76. The average Bonchev–Trinajstić information content (AvgIpc) is 3.30. The second kappa shape index (κ2) is 8.35. The molecule has 1 unspecified atom stereocenters. The fourth-order valence-electron chi connectivity index (χ4n) is 3.90. The van der Waals surface area contributed by atoms with Gasteiger partial charge in [-0.25, -0.2) is 0 Å². The van der Waals surface area contributed by atoms with Gasteiger partial charge in [-0.1, -0.05) is 23.7 Å². The van der Waals surface area contributed by atoms with Crippen molar-refractivity contribution in [2.75, 3.05) is 20.3 Å². The highest BCUT2D eigenvalue weighted by atomic mass is 35.5. The first-order valence-corrected chi connectivity index (χ1v) is 10.2. The third kappa shape index (κ3) is 3.51. The Hall–Kier alpha value is -3.45. The van der Waals surface area contributed by atoms with Crippen LogP contribution in [0.4, 0.5) is 0 Å². The summed E-state index contributed by atoms with van der Waals surface area (Å²) in [5, 5.41) is 18.1. The van der Waals surface area contributed by atoms with E-state index in [0.29, 0.717) is 52.2 Å². The van der Waals surface area contributed by atoms with Gasteiger partial charge in [0.1, 0.15) is 17.1 Å². The van der Waals surface area contributed by atoms with Crippen molar-refractivity contribution in [1.29, 1.82) is 0 Å². The van der Waals surface area contributed by atoms with E-state index in [1.807, 2.05) is 25.1 Å². The Morgan fingerprint density at radius 3 is 2.81 bits per heavy atom. The predicted octanol–water partition coefficient (Wildman–Crippen LogP) is 4.57. The molecule has 3 aromatic rings. The molecule has 1 amide bonds. The van der Waals surface area contributed by atoms with Gasteiger partial charge < -0.3 is 19.5 Å². The number of nitrogens with one attached hydrogen (secondary N) is 1. The zero-order valence-corrected chi connectivity index (χ0v) is 17.9. The maximum Gasteiger partial charge on any atom is 0.273 e. The summed E-state index contributed by atoms with van der Waals surface area (Å²) < 4.78 is 11.1. The van der Waals surface area contributed by atoms with Crippen molar-refractivity contribution in [3.63, 3.8) is 0 Å². The second-order valence-electron chi connectivity index (χ2n) is 7.01. The molecule has 8 heteroatoms. The lowest BCUT2D eigenvalue weighted by molar-refractivity contribution is 0.0764. The fraction of sp³-hybridized carbons (Fsp3) is 0.217. The first kappa shape index (κ1) is 20.8. The summed E-state index contributed by atoms with van der Waals surface area (Å²) in [6.45, 7) is 6.53. The van der Waals surface area contributed by atoms with Crippen molar-refractivity contribution in [3.8, 4) is 28.5 Å². The summed E-state index contributed by atoms with van der Waals surface area (Å²) in [7, 11) is 1.57. The zero-order chi connectivity index (χ0) is 22.1. The maximum atomic E-state index is 13.2. The molecule has 0 spiro atoms. The van der Waals surface area contributed by atoms with Crippen LogP contribution >= 0.6 is 11.6 Å². The fourth-order valence-corrected chi connectivity index (χ4v) is 4.07. The number of ether oxygens (including phenoxy) is 2. The largest absolute Gasteiger partial charge is 0.507 e. The Kier molecular flexibility index (Phi) is 5.61. The number of nitrogens with zero attached hydrogens (tertiary/aromatic N) is 2. The molecule has 1 aliphatic rings. The van der Waals surface area contributed by atoms with Gasteiger partial charge in [0.05, 0.1) is 19.8 Å². The van der Waals surface area contributed by atoms with Gasteiger partial charge in [0, 0.05) is 22.7 Å². The van der Waals surface area contributed by atoms with Crippen LogP contribution in [-0.4, -0.2) is 46.4 Å². The molecule has 0 fully saturated rings. The molecule has 2 aromatic carbocycles. The van der Waals surface area contributed by atoms with Crippen LogP contribution in [0.25, 0.3) is 11.3 Å². The third-order valence-electron chi connectivity index (χ3n) is 5.21. The average molecular weight is 440 g/mol. The lowest BCUT2D eigenvalue weighted by Gasteiger charge is -2.26. The topological polar surface area (TPSA) is 87.7 Å². The number of phenols is 1.